The summed E-state index contributed by atoms with van der Waals surface area (Å²) in [7, 11) is 1.83. The van der Waals surface area contributed by atoms with Gasteiger partial charge in [0.1, 0.15) is 5.78 Å². The van der Waals surface area contributed by atoms with Crippen molar-refractivity contribution >= 4 is 11.7 Å². The van der Waals surface area contributed by atoms with Gasteiger partial charge in [0, 0.05) is 32.4 Å². The van der Waals surface area contributed by atoms with E-state index in [1.54, 1.807) is 6.92 Å². The van der Waals surface area contributed by atoms with Crippen LogP contribution in [0.2, 0.25) is 0 Å². The van der Waals surface area contributed by atoms with Crippen LogP contribution >= 0.6 is 0 Å². The SMILES string of the molecule is CCC(=O)CCC(=O)NCCNC. The molecule has 13 heavy (non-hydrogen) atoms. The summed E-state index contributed by atoms with van der Waals surface area (Å²) in [5.74, 6) is 0.0980. The molecule has 0 unspecified atom stereocenters. The van der Waals surface area contributed by atoms with Crippen molar-refractivity contribution in [3.05, 3.63) is 0 Å². The summed E-state index contributed by atoms with van der Waals surface area (Å²) in [5.41, 5.74) is 0. The van der Waals surface area contributed by atoms with Crippen LogP contribution in [0, 0.1) is 0 Å². The molecule has 0 aromatic rings. The van der Waals surface area contributed by atoms with Gasteiger partial charge in [0.05, 0.1) is 0 Å². The largest absolute Gasteiger partial charge is 0.355 e. The van der Waals surface area contributed by atoms with Gasteiger partial charge in [-0.3, -0.25) is 9.59 Å². The standard InChI is InChI=1S/C9H18N2O2/c1-3-8(12)4-5-9(13)11-7-6-10-2/h10H,3-7H2,1-2H3,(H,11,13). The molecule has 0 saturated heterocycles. The molecule has 0 aliphatic heterocycles. The second kappa shape index (κ2) is 7.73. The van der Waals surface area contributed by atoms with Crippen molar-refractivity contribution in [2.45, 2.75) is 26.2 Å². The van der Waals surface area contributed by atoms with Crippen LogP contribution < -0.4 is 10.6 Å². The van der Waals surface area contributed by atoms with Crippen LogP contribution in [0.5, 0.6) is 0 Å². The summed E-state index contributed by atoms with van der Waals surface area (Å²) < 4.78 is 0. The Kier molecular flexibility index (Phi) is 7.20. The molecule has 0 bridgehead atoms. The van der Waals surface area contributed by atoms with Gasteiger partial charge in [0.15, 0.2) is 0 Å². The lowest BCUT2D eigenvalue weighted by atomic mass is 10.2. The van der Waals surface area contributed by atoms with E-state index in [9.17, 15) is 9.59 Å². The van der Waals surface area contributed by atoms with Crippen LogP contribution in [-0.4, -0.2) is 31.8 Å². The van der Waals surface area contributed by atoms with Crippen molar-refractivity contribution in [1.82, 2.24) is 10.6 Å². The van der Waals surface area contributed by atoms with E-state index >= 15 is 0 Å². The van der Waals surface area contributed by atoms with E-state index < -0.39 is 0 Å². The molecule has 0 aromatic carbocycles. The van der Waals surface area contributed by atoms with E-state index in [4.69, 9.17) is 0 Å². The average Bonchev–Trinajstić information content (AvgIpc) is 2.14. The number of hydrogen-bond acceptors (Lipinski definition) is 3. The van der Waals surface area contributed by atoms with Crippen molar-refractivity contribution in [1.29, 1.82) is 0 Å². The first-order valence-electron chi connectivity index (χ1n) is 4.63. The number of amides is 1. The molecule has 0 spiro atoms. The van der Waals surface area contributed by atoms with Crippen LogP contribution in [0.25, 0.3) is 0 Å². The third-order valence-corrected chi connectivity index (χ3v) is 1.72. The highest BCUT2D eigenvalue weighted by atomic mass is 16.2. The van der Waals surface area contributed by atoms with Gasteiger partial charge in [-0.05, 0) is 7.05 Å². The summed E-state index contributed by atoms with van der Waals surface area (Å²) in [5, 5.41) is 5.63. The fraction of sp³-hybridized carbons (Fsp3) is 0.778. The number of carbonyl (C=O) groups is 2. The summed E-state index contributed by atoms with van der Waals surface area (Å²) in [4.78, 5) is 21.9. The molecule has 0 fully saturated rings. The molecule has 4 nitrogen and oxygen atoms in total. The predicted octanol–water partition coefficient (Wildman–Crippen LogP) is 0.0813. The Hall–Kier alpha value is -0.900. The Morgan fingerprint density at radius 2 is 1.85 bits per heavy atom. The highest BCUT2D eigenvalue weighted by molar-refractivity contribution is 5.84. The molecular weight excluding hydrogens is 168 g/mol. The van der Waals surface area contributed by atoms with Gasteiger partial charge in [-0.2, -0.15) is 0 Å². The van der Waals surface area contributed by atoms with Gasteiger partial charge in [0.25, 0.3) is 0 Å². The lowest BCUT2D eigenvalue weighted by Crippen LogP contribution is -2.30. The van der Waals surface area contributed by atoms with Crippen molar-refractivity contribution in [3.63, 3.8) is 0 Å². The van der Waals surface area contributed by atoms with Crippen LogP contribution in [0.4, 0.5) is 0 Å². The Labute approximate surface area is 79.1 Å². The number of carbonyl (C=O) groups excluding carboxylic acids is 2. The maximum atomic E-state index is 11.0. The molecule has 0 atom stereocenters. The van der Waals surface area contributed by atoms with Crippen LogP contribution in [0.1, 0.15) is 26.2 Å². The quantitative estimate of drug-likeness (QED) is 0.554. The Morgan fingerprint density at radius 3 is 2.38 bits per heavy atom. The normalized spacial score (nSPS) is 9.69. The van der Waals surface area contributed by atoms with Crippen LogP contribution in [0.3, 0.4) is 0 Å². The van der Waals surface area contributed by atoms with Crippen LogP contribution in [0.15, 0.2) is 0 Å². The Morgan fingerprint density at radius 1 is 1.15 bits per heavy atom. The summed E-state index contributed by atoms with van der Waals surface area (Å²) in [6.07, 6.45) is 1.20. The lowest BCUT2D eigenvalue weighted by Gasteiger charge is -2.03. The summed E-state index contributed by atoms with van der Waals surface area (Å²) in [6, 6.07) is 0. The summed E-state index contributed by atoms with van der Waals surface area (Å²) >= 11 is 0. The molecule has 0 aliphatic rings. The second-order valence-electron chi connectivity index (χ2n) is 2.85. The number of hydrogen-bond donors (Lipinski definition) is 2. The number of nitrogens with one attached hydrogen (secondary N) is 2. The first-order valence-corrected chi connectivity index (χ1v) is 4.63. The van der Waals surface area contributed by atoms with E-state index in [1.165, 1.54) is 0 Å². The van der Waals surface area contributed by atoms with E-state index in [1.807, 2.05) is 7.05 Å². The van der Waals surface area contributed by atoms with Gasteiger partial charge >= 0.3 is 0 Å². The molecule has 0 saturated carbocycles. The lowest BCUT2D eigenvalue weighted by molar-refractivity contribution is -0.125. The number of rotatable bonds is 7. The Balaban J connectivity index is 3.35. The average molecular weight is 186 g/mol. The number of Topliss-reactive ketones (excluding diaryl/α,β-unsaturated/α-hetero) is 1. The molecule has 0 heterocycles. The highest BCUT2D eigenvalue weighted by Gasteiger charge is 2.03. The fourth-order valence-corrected chi connectivity index (χ4v) is 0.845. The monoisotopic (exact) mass is 186 g/mol. The van der Waals surface area contributed by atoms with Gasteiger partial charge < -0.3 is 10.6 Å². The van der Waals surface area contributed by atoms with Crippen molar-refractivity contribution < 1.29 is 9.59 Å². The number of likely N-dealkylation sites (N-methyl/N-ethyl adjacent to an activating group) is 1. The van der Waals surface area contributed by atoms with Crippen molar-refractivity contribution in [2.24, 2.45) is 0 Å². The predicted molar refractivity (Wildman–Crippen MR) is 51.5 cm³/mol. The second-order valence-corrected chi connectivity index (χ2v) is 2.85. The smallest absolute Gasteiger partial charge is 0.220 e. The zero-order valence-electron chi connectivity index (χ0n) is 8.35. The molecule has 4 heteroatoms. The maximum Gasteiger partial charge on any atom is 0.220 e. The van der Waals surface area contributed by atoms with Gasteiger partial charge in [-0.25, -0.2) is 0 Å². The molecule has 76 valence electrons. The zero-order chi connectivity index (χ0) is 10.1. The topological polar surface area (TPSA) is 58.2 Å². The zero-order valence-corrected chi connectivity index (χ0v) is 8.35. The minimum atomic E-state index is -0.0444. The van der Waals surface area contributed by atoms with Gasteiger partial charge in [-0.1, -0.05) is 6.92 Å². The van der Waals surface area contributed by atoms with Crippen LogP contribution in [-0.2, 0) is 9.59 Å². The molecule has 0 rings (SSSR count). The molecular formula is C9H18N2O2. The third-order valence-electron chi connectivity index (χ3n) is 1.72. The highest BCUT2D eigenvalue weighted by Crippen LogP contribution is 1.93. The minimum absolute atomic E-state index is 0.0444. The molecule has 0 aromatic heterocycles. The summed E-state index contributed by atoms with van der Waals surface area (Å²) in [6.45, 7) is 3.18. The third kappa shape index (κ3) is 7.46. The van der Waals surface area contributed by atoms with Gasteiger partial charge in [-0.15, -0.1) is 0 Å². The van der Waals surface area contributed by atoms with Crippen molar-refractivity contribution in [2.75, 3.05) is 20.1 Å². The van der Waals surface area contributed by atoms with Crippen molar-refractivity contribution in [3.8, 4) is 0 Å². The molecule has 0 radical (unpaired) electrons. The first-order chi connectivity index (χ1) is 6.20. The fourth-order valence-electron chi connectivity index (χ4n) is 0.845. The minimum Gasteiger partial charge on any atom is -0.355 e. The van der Waals surface area contributed by atoms with E-state index in [2.05, 4.69) is 10.6 Å². The van der Waals surface area contributed by atoms with E-state index in [-0.39, 0.29) is 11.7 Å². The molecule has 1 amide bonds. The van der Waals surface area contributed by atoms with E-state index in [0.29, 0.717) is 25.8 Å². The first kappa shape index (κ1) is 12.1. The Bertz CT molecular complexity index is 169. The molecule has 0 aliphatic carbocycles. The number of ketones is 1. The van der Waals surface area contributed by atoms with E-state index in [0.717, 1.165) is 6.54 Å². The molecule has 2 N–H and O–H groups in total. The van der Waals surface area contributed by atoms with Gasteiger partial charge in [0.2, 0.25) is 5.91 Å². The maximum absolute atomic E-state index is 11.0.